The summed E-state index contributed by atoms with van der Waals surface area (Å²) in [6, 6.07) is 3.59. The maximum atomic E-state index is 6.07. The summed E-state index contributed by atoms with van der Waals surface area (Å²) in [5, 5.41) is 4.16. The maximum absolute atomic E-state index is 6.07. The Balaban J connectivity index is 2.33. The molecular formula is C10H10BrNOS. The predicted molar refractivity (Wildman–Crippen MR) is 61.5 cm³/mol. The van der Waals surface area contributed by atoms with Crippen molar-refractivity contribution in [2.45, 2.75) is 13.0 Å². The van der Waals surface area contributed by atoms with Gasteiger partial charge in [-0.2, -0.15) is 11.3 Å². The molecule has 0 spiro atoms. The third-order valence-corrected chi connectivity index (χ3v) is 3.44. The third kappa shape index (κ3) is 1.78. The first-order chi connectivity index (χ1) is 6.68. The highest BCUT2D eigenvalue weighted by Crippen LogP contribution is 2.27. The molecule has 74 valence electrons. The van der Waals surface area contributed by atoms with E-state index in [1.165, 1.54) is 5.56 Å². The molecule has 0 amide bonds. The number of hydrogen-bond donors (Lipinski definition) is 1. The first-order valence-corrected chi connectivity index (χ1v) is 5.95. The van der Waals surface area contributed by atoms with Crippen LogP contribution < -0.4 is 5.73 Å². The molecule has 0 saturated heterocycles. The van der Waals surface area contributed by atoms with Crippen LogP contribution in [0.5, 0.6) is 0 Å². The highest BCUT2D eigenvalue weighted by atomic mass is 79.9. The van der Waals surface area contributed by atoms with Gasteiger partial charge in [-0.25, -0.2) is 0 Å². The number of rotatable bonds is 2. The molecule has 4 heteroatoms. The van der Waals surface area contributed by atoms with Crippen molar-refractivity contribution in [3.63, 3.8) is 0 Å². The van der Waals surface area contributed by atoms with E-state index in [2.05, 4.69) is 33.6 Å². The molecule has 0 aliphatic carbocycles. The molecule has 2 N–H and O–H groups in total. The van der Waals surface area contributed by atoms with Crippen LogP contribution in [0.15, 0.2) is 32.0 Å². The van der Waals surface area contributed by atoms with Gasteiger partial charge in [-0.05, 0) is 56.9 Å². The first kappa shape index (κ1) is 9.96. The summed E-state index contributed by atoms with van der Waals surface area (Å²) in [5.41, 5.74) is 8.42. The van der Waals surface area contributed by atoms with Crippen molar-refractivity contribution in [2.75, 3.05) is 0 Å². The number of thiophene rings is 1. The molecule has 2 aromatic rings. The van der Waals surface area contributed by atoms with E-state index in [9.17, 15) is 0 Å². The Hall–Kier alpha value is -0.580. The molecular weight excluding hydrogens is 262 g/mol. The minimum Gasteiger partial charge on any atom is -0.452 e. The van der Waals surface area contributed by atoms with E-state index in [-0.39, 0.29) is 6.04 Å². The molecule has 2 heterocycles. The lowest BCUT2D eigenvalue weighted by Gasteiger charge is -2.07. The molecule has 2 rings (SSSR count). The largest absolute Gasteiger partial charge is 0.452 e. The van der Waals surface area contributed by atoms with E-state index in [4.69, 9.17) is 10.2 Å². The lowest BCUT2D eigenvalue weighted by Crippen LogP contribution is -2.10. The minimum absolute atomic E-state index is 0.160. The van der Waals surface area contributed by atoms with Crippen molar-refractivity contribution >= 4 is 27.3 Å². The van der Waals surface area contributed by atoms with Crippen molar-refractivity contribution in [1.29, 1.82) is 0 Å². The molecule has 1 unspecified atom stereocenters. The Morgan fingerprint density at radius 1 is 1.43 bits per heavy atom. The summed E-state index contributed by atoms with van der Waals surface area (Å²) in [5.74, 6) is 0.790. The highest BCUT2D eigenvalue weighted by molar-refractivity contribution is 9.10. The molecule has 14 heavy (non-hydrogen) atoms. The zero-order valence-electron chi connectivity index (χ0n) is 7.66. The number of furan rings is 1. The fraction of sp³-hybridized carbons (Fsp3) is 0.200. The summed E-state index contributed by atoms with van der Waals surface area (Å²) in [6.45, 7) is 2.06. The van der Waals surface area contributed by atoms with Gasteiger partial charge in [-0.1, -0.05) is 0 Å². The van der Waals surface area contributed by atoms with Crippen molar-refractivity contribution in [2.24, 2.45) is 5.73 Å². The van der Waals surface area contributed by atoms with Crippen LogP contribution in [0.3, 0.4) is 0 Å². The molecule has 1 atom stereocenters. The third-order valence-electron chi connectivity index (χ3n) is 2.13. The van der Waals surface area contributed by atoms with Crippen LogP contribution in [0.1, 0.15) is 22.9 Å². The van der Waals surface area contributed by atoms with Crippen molar-refractivity contribution in [1.82, 2.24) is 0 Å². The molecule has 0 fully saturated rings. The smallest absolute Gasteiger partial charge is 0.169 e. The average molecular weight is 272 g/mol. The predicted octanol–water partition coefficient (Wildman–Crippen LogP) is 3.46. The van der Waals surface area contributed by atoms with Gasteiger partial charge in [0, 0.05) is 0 Å². The molecule has 2 aromatic heterocycles. The van der Waals surface area contributed by atoms with E-state index in [1.54, 1.807) is 11.3 Å². The van der Waals surface area contributed by atoms with Gasteiger partial charge in [-0.3, -0.25) is 0 Å². The molecule has 0 bridgehead atoms. The lowest BCUT2D eigenvalue weighted by molar-refractivity contribution is 0.470. The van der Waals surface area contributed by atoms with E-state index in [1.807, 2.05) is 12.1 Å². The van der Waals surface area contributed by atoms with E-state index in [0.717, 1.165) is 16.0 Å². The number of hydrogen-bond acceptors (Lipinski definition) is 3. The lowest BCUT2D eigenvalue weighted by atomic mass is 10.1. The average Bonchev–Trinajstić information content (AvgIpc) is 2.73. The van der Waals surface area contributed by atoms with Crippen LogP contribution in [0, 0.1) is 6.92 Å². The fourth-order valence-corrected chi connectivity index (χ4v) is 2.54. The topological polar surface area (TPSA) is 39.2 Å². The Morgan fingerprint density at radius 3 is 2.71 bits per heavy atom. The van der Waals surface area contributed by atoms with E-state index >= 15 is 0 Å². The van der Waals surface area contributed by atoms with Gasteiger partial charge in [0.15, 0.2) is 4.67 Å². The Bertz CT molecular complexity index is 435. The van der Waals surface area contributed by atoms with Crippen LogP contribution in [-0.4, -0.2) is 0 Å². The van der Waals surface area contributed by atoms with Gasteiger partial charge >= 0.3 is 0 Å². The summed E-state index contributed by atoms with van der Waals surface area (Å²) in [7, 11) is 0. The van der Waals surface area contributed by atoms with Crippen molar-refractivity contribution in [3.05, 3.63) is 44.4 Å². The summed E-state index contributed by atoms with van der Waals surface area (Å²) < 4.78 is 6.14. The van der Waals surface area contributed by atoms with Gasteiger partial charge in [0.2, 0.25) is 0 Å². The number of halogens is 1. The van der Waals surface area contributed by atoms with Gasteiger partial charge in [0.05, 0.1) is 6.04 Å². The van der Waals surface area contributed by atoms with Crippen LogP contribution >= 0.6 is 27.3 Å². The van der Waals surface area contributed by atoms with Crippen molar-refractivity contribution < 1.29 is 4.42 Å². The van der Waals surface area contributed by atoms with Gasteiger partial charge < -0.3 is 10.2 Å². The maximum Gasteiger partial charge on any atom is 0.169 e. The van der Waals surface area contributed by atoms with Crippen LogP contribution in [0.2, 0.25) is 0 Å². The molecule has 0 radical (unpaired) electrons. The fourth-order valence-electron chi connectivity index (χ4n) is 1.34. The second kappa shape index (κ2) is 3.88. The summed E-state index contributed by atoms with van der Waals surface area (Å²) in [4.78, 5) is 0. The highest BCUT2D eigenvalue weighted by Gasteiger charge is 2.15. The van der Waals surface area contributed by atoms with Crippen LogP contribution in [0.25, 0.3) is 0 Å². The SMILES string of the molecule is Cc1cscc1C(N)c1ccc(Br)o1. The standard InChI is InChI=1S/C10H10BrNOS/c1-6-4-14-5-7(6)10(12)8-2-3-9(11)13-8/h2-5,10H,12H2,1H3. The molecule has 0 aromatic carbocycles. The van der Waals surface area contributed by atoms with Gasteiger partial charge in [0.25, 0.3) is 0 Å². The molecule has 2 nitrogen and oxygen atoms in total. The van der Waals surface area contributed by atoms with Crippen LogP contribution in [0.4, 0.5) is 0 Å². The molecule has 0 aliphatic rings. The van der Waals surface area contributed by atoms with Gasteiger partial charge in [-0.15, -0.1) is 0 Å². The molecule has 0 aliphatic heterocycles. The number of nitrogens with two attached hydrogens (primary N) is 1. The normalized spacial score (nSPS) is 13.1. The zero-order chi connectivity index (χ0) is 10.1. The van der Waals surface area contributed by atoms with E-state index < -0.39 is 0 Å². The van der Waals surface area contributed by atoms with E-state index in [0.29, 0.717) is 0 Å². The summed E-state index contributed by atoms with van der Waals surface area (Å²) >= 11 is 4.93. The monoisotopic (exact) mass is 271 g/mol. The summed E-state index contributed by atoms with van der Waals surface area (Å²) in [6.07, 6.45) is 0. The second-order valence-corrected chi connectivity index (χ2v) is 4.65. The Labute approximate surface area is 94.9 Å². The minimum atomic E-state index is -0.160. The zero-order valence-corrected chi connectivity index (χ0v) is 10.1. The van der Waals surface area contributed by atoms with Crippen LogP contribution in [-0.2, 0) is 0 Å². The number of aryl methyl sites for hydroxylation is 1. The Morgan fingerprint density at radius 2 is 2.21 bits per heavy atom. The quantitative estimate of drug-likeness (QED) is 0.909. The molecule has 0 saturated carbocycles. The second-order valence-electron chi connectivity index (χ2n) is 3.13. The Kier molecular flexibility index (Phi) is 2.76. The van der Waals surface area contributed by atoms with Crippen molar-refractivity contribution in [3.8, 4) is 0 Å². The van der Waals surface area contributed by atoms with Gasteiger partial charge in [0.1, 0.15) is 5.76 Å². The first-order valence-electron chi connectivity index (χ1n) is 4.22.